The number of hydrazine groups is 1. The van der Waals surface area contributed by atoms with Crippen LogP contribution in [-0.2, 0) is 16.8 Å². The predicted molar refractivity (Wildman–Crippen MR) is 146 cm³/mol. The number of nitrogens with zero attached hydrogens (tertiary/aromatic N) is 10. The quantitative estimate of drug-likeness (QED) is 0.389. The molecule has 0 atom stereocenters. The predicted octanol–water partition coefficient (Wildman–Crippen LogP) is 0.414. The molecule has 2 fully saturated rings. The molecule has 0 aliphatic carbocycles. The van der Waals surface area contributed by atoms with Crippen LogP contribution in [0, 0.1) is 11.3 Å². The Bertz CT molecular complexity index is 1440. The second-order valence-corrected chi connectivity index (χ2v) is 10.7. The van der Waals surface area contributed by atoms with Crippen LogP contribution in [0.4, 0.5) is 16.0 Å². The smallest absolute Gasteiger partial charge is 0.247 e. The highest BCUT2D eigenvalue weighted by molar-refractivity contribution is 5.78. The van der Waals surface area contributed by atoms with Crippen LogP contribution in [0.5, 0.6) is 0 Å². The molecule has 13 nitrogen and oxygen atoms in total. The number of fused-ring (bicyclic) bond motifs is 1. The van der Waals surface area contributed by atoms with Crippen molar-refractivity contribution in [2.24, 2.45) is 0 Å². The number of hydrogen-bond donors (Lipinski definition) is 2. The van der Waals surface area contributed by atoms with Gasteiger partial charge in [0.15, 0.2) is 5.65 Å². The minimum atomic E-state index is -0.470. The van der Waals surface area contributed by atoms with Gasteiger partial charge < -0.3 is 25.0 Å². The van der Waals surface area contributed by atoms with Crippen LogP contribution in [0.1, 0.15) is 12.0 Å². The normalized spacial score (nSPS) is 19.0. The zero-order valence-electron chi connectivity index (χ0n) is 22.5. The van der Waals surface area contributed by atoms with Crippen LogP contribution >= 0.6 is 0 Å². The first-order valence-electron chi connectivity index (χ1n) is 13.5. The van der Waals surface area contributed by atoms with E-state index < -0.39 is 12.2 Å². The first-order chi connectivity index (χ1) is 19.5. The van der Waals surface area contributed by atoms with Crippen LogP contribution in [-0.4, -0.2) is 111 Å². The van der Waals surface area contributed by atoms with Crippen molar-refractivity contribution >= 4 is 23.2 Å². The second kappa shape index (κ2) is 10.7. The van der Waals surface area contributed by atoms with Crippen LogP contribution in [0.3, 0.4) is 0 Å². The fraction of sp³-hybridized carbons (Fsp3) is 0.500. The largest absolute Gasteiger partial charge is 0.363 e. The van der Waals surface area contributed by atoms with Gasteiger partial charge in [0.05, 0.1) is 43.3 Å². The fourth-order valence-corrected chi connectivity index (χ4v) is 5.46. The summed E-state index contributed by atoms with van der Waals surface area (Å²) in [5, 5.41) is 23.6. The Morgan fingerprint density at radius 1 is 1.27 bits per heavy atom. The maximum atomic E-state index is 12.8. The molecule has 6 heterocycles. The van der Waals surface area contributed by atoms with Gasteiger partial charge in [-0.25, -0.2) is 9.94 Å². The molecule has 0 radical (unpaired) electrons. The lowest BCUT2D eigenvalue weighted by Gasteiger charge is -2.50. The van der Waals surface area contributed by atoms with E-state index in [1.54, 1.807) is 15.7 Å². The number of aromatic nitrogens is 5. The van der Waals surface area contributed by atoms with Crippen molar-refractivity contribution in [1.29, 1.82) is 5.26 Å². The number of halogens is 1. The number of nitrogens with one attached hydrogen (secondary N) is 2. The summed E-state index contributed by atoms with van der Waals surface area (Å²) < 4.78 is 16.3. The number of carbonyl (C=O) groups excluding carboxylic acids is 1. The molecule has 40 heavy (non-hydrogen) atoms. The first kappa shape index (κ1) is 26.0. The van der Waals surface area contributed by atoms with Gasteiger partial charge in [-0.3, -0.25) is 13.9 Å². The first-order valence-corrected chi connectivity index (χ1v) is 13.5. The van der Waals surface area contributed by atoms with Gasteiger partial charge in [-0.05, 0) is 24.7 Å². The van der Waals surface area contributed by atoms with Gasteiger partial charge in [0.2, 0.25) is 11.9 Å². The van der Waals surface area contributed by atoms with Crippen molar-refractivity contribution in [3.8, 4) is 6.07 Å². The summed E-state index contributed by atoms with van der Waals surface area (Å²) in [6, 6.07) is 6.20. The van der Waals surface area contributed by atoms with Gasteiger partial charge >= 0.3 is 0 Å². The SMILES string of the molecule is CN1CCN(C(=O)CN2C=C(Nc3nc4c(N5CC(CC#N)(n6cc(CCF)cn6)C5)cccn4n3)CN2)CC1. The van der Waals surface area contributed by atoms with E-state index in [2.05, 4.69) is 43.9 Å². The fourth-order valence-electron chi connectivity index (χ4n) is 5.46. The van der Waals surface area contributed by atoms with Crippen molar-refractivity contribution in [3.63, 3.8) is 0 Å². The molecule has 0 aromatic carbocycles. The molecule has 0 bridgehead atoms. The Morgan fingerprint density at radius 2 is 2.10 bits per heavy atom. The summed E-state index contributed by atoms with van der Waals surface area (Å²) in [7, 11) is 2.07. The van der Waals surface area contributed by atoms with E-state index in [4.69, 9.17) is 4.98 Å². The van der Waals surface area contributed by atoms with Crippen molar-refractivity contribution in [1.82, 2.24) is 44.6 Å². The molecule has 2 N–H and O–H groups in total. The molecule has 3 aromatic heterocycles. The lowest BCUT2D eigenvalue weighted by atomic mass is 9.86. The van der Waals surface area contributed by atoms with Crippen LogP contribution in [0.15, 0.2) is 42.6 Å². The van der Waals surface area contributed by atoms with E-state index in [-0.39, 0.29) is 12.5 Å². The summed E-state index contributed by atoms with van der Waals surface area (Å²) in [6.07, 6.45) is 7.87. The van der Waals surface area contributed by atoms with Crippen molar-refractivity contribution < 1.29 is 9.18 Å². The van der Waals surface area contributed by atoms with Gasteiger partial charge in [-0.2, -0.15) is 15.3 Å². The van der Waals surface area contributed by atoms with E-state index in [1.807, 2.05) is 40.3 Å². The van der Waals surface area contributed by atoms with Crippen molar-refractivity contribution in [3.05, 3.63) is 48.2 Å². The second-order valence-electron chi connectivity index (χ2n) is 10.7. The number of carbonyl (C=O) groups is 1. The van der Waals surface area contributed by atoms with Crippen LogP contribution in [0.2, 0.25) is 0 Å². The van der Waals surface area contributed by atoms with Gasteiger partial charge in [0.1, 0.15) is 12.1 Å². The standard InChI is InChI=1S/C26H33FN12O/c1-34-9-11-35(12-10-34)23(40)17-37-16-21(14-29-37)31-25-32-24-22(3-2-8-38(24)33-25)36-18-26(19-36,5-7-28)39-15-20(4-6-27)13-30-39/h2-3,8,13,15-16,29H,4-6,9-12,14,17-19H2,1H3,(H,31,33). The molecule has 14 heteroatoms. The summed E-state index contributed by atoms with van der Waals surface area (Å²) in [6.45, 7) is 4.82. The number of piperazine rings is 1. The van der Waals surface area contributed by atoms with E-state index in [0.717, 1.165) is 43.1 Å². The van der Waals surface area contributed by atoms with Gasteiger partial charge in [-0.1, -0.05) is 0 Å². The Balaban J connectivity index is 1.12. The van der Waals surface area contributed by atoms with Crippen LogP contribution in [0.25, 0.3) is 5.65 Å². The zero-order valence-corrected chi connectivity index (χ0v) is 22.5. The molecule has 3 aliphatic rings. The number of anilines is 2. The Morgan fingerprint density at radius 3 is 2.88 bits per heavy atom. The maximum Gasteiger partial charge on any atom is 0.247 e. The van der Waals surface area contributed by atoms with E-state index >= 15 is 0 Å². The number of amides is 1. The Labute approximate surface area is 231 Å². The summed E-state index contributed by atoms with van der Waals surface area (Å²) >= 11 is 0. The molecule has 3 aromatic rings. The average Bonchev–Trinajstić information content (AvgIpc) is 3.67. The van der Waals surface area contributed by atoms with Crippen molar-refractivity contribution in [2.75, 3.05) is 76.3 Å². The number of nitriles is 1. The molecule has 1 amide bonds. The number of likely N-dealkylation sites (N-methyl/N-ethyl adjacent to an activating group) is 1. The average molecular weight is 549 g/mol. The minimum absolute atomic E-state index is 0.101. The topological polar surface area (TPSA) is 126 Å². The van der Waals surface area contributed by atoms with Gasteiger partial charge in [0, 0.05) is 64.3 Å². The Kier molecular flexibility index (Phi) is 6.99. The van der Waals surface area contributed by atoms with Gasteiger partial charge in [-0.15, -0.1) is 5.10 Å². The summed E-state index contributed by atoms with van der Waals surface area (Å²) in [4.78, 5) is 23.7. The lowest BCUT2D eigenvalue weighted by Crippen LogP contribution is -2.63. The highest BCUT2D eigenvalue weighted by Crippen LogP contribution is 2.37. The lowest BCUT2D eigenvalue weighted by molar-refractivity contribution is -0.133. The molecule has 6 rings (SSSR count). The van der Waals surface area contributed by atoms with Gasteiger partial charge in [0.25, 0.3) is 0 Å². The molecule has 0 unspecified atom stereocenters. The molecule has 3 aliphatic heterocycles. The molecule has 0 saturated carbocycles. The number of pyridine rings is 1. The molecule has 0 spiro atoms. The molecule has 210 valence electrons. The van der Waals surface area contributed by atoms with E-state index in [9.17, 15) is 14.4 Å². The van der Waals surface area contributed by atoms with Crippen LogP contribution < -0.4 is 15.6 Å². The number of rotatable bonds is 9. The number of aryl methyl sites for hydroxylation is 1. The molecular weight excluding hydrogens is 515 g/mol. The minimum Gasteiger partial charge on any atom is -0.363 e. The zero-order chi connectivity index (χ0) is 27.7. The third-order valence-electron chi connectivity index (χ3n) is 7.78. The monoisotopic (exact) mass is 548 g/mol. The third-order valence-corrected chi connectivity index (χ3v) is 7.78. The summed E-state index contributed by atoms with van der Waals surface area (Å²) in [5.41, 5.74) is 6.05. The highest BCUT2D eigenvalue weighted by Gasteiger charge is 2.46. The number of alkyl halides is 1. The third kappa shape index (κ3) is 5.05. The molecular formula is C26H33FN12O. The molecule has 2 saturated heterocycles. The van der Waals surface area contributed by atoms with E-state index in [0.29, 0.717) is 44.1 Å². The Hall–Kier alpha value is -4.22. The van der Waals surface area contributed by atoms with Crippen molar-refractivity contribution in [2.45, 2.75) is 18.4 Å². The maximum absolute atomic E-state index is 12.8. The van der Waals surface area contributed by atoms with E-state index in [1.165, 1.54) is 0 Å². The highest BCUT2D eigenvalue weighted by atomic mass is 19.1. The number of hydrogen-bond acceptors (Lipinski definition) is 10. The summed E-state index contributed by atoms with van der Waals surface area (Å²) in [5.74, 6) is 0.559.